The third kappa shape index (κ3) is 5.49. The van der Waals surface area contributed by atoms with E-state index in [1.54, 1.807) is 0 Å². The van der Waals surface area contributed by atoms with Crippen LogP contribution in [-0.2, 0) is 9.59 Å². The van der Waals surface area contributed by atoms with Gasteiger partial charge in [0.2, 0.25) is 11.8 Å². The first kappa shape index (κ1) is 15.0. The van der Waals surface area contributed by atoms with Crippen LogP contribution in [0, 0.1) is 5.92 Å². The zero-order valence-corrected chi connectivity index (χ0v) is 11.2. The fourth-order valence-corrected chi connectivity index (χ4v) is 2.53. The van der Waals surface area contributed by atoms with E-state index in [1.165, 1.54) is 25.7 Å². The molecule has 0 aromatic heterocycles. The molecule has 5 heteroatoms. The Labute approximate surface area is 109 Å². The first-order chi connectivity index (χ1) is 8.65. The molecule has 1 aliphatic rings. The molecule has 0 atom stereocenters. The Morgan fingerprint density at radius 3 is 2.39 bits per heavy atom. The van der Waals surface area contributed by atoms with Crippen molar-refractivity contribution in [3.63, 3.8) is 0 Å². The Hall–Kier alpha value is -1.10. The minimum absolute atomic E-state index is 0.0327. The second-order valence-electron chi connectivity index (χ2n) is 5.05. The molecule has 0 radical (unpaired) electrons. The van der Waals surface area contributed by atoms with Crippen LogP contribution in [0.1, 0.15) is 45.4 Å². The summed E-state index contributed by atoms with van der Waals surface area (Å²) in [5.74, 6) is 0.424. The molecule has 1 saturated carbocycles. The Morgan fingerprint density at radius 2 is 1.83 bits per heavy atom. The van der Waals surface area contributed by atoms with Crippen molar-refractivity contribution < 1.29 is 9.59 Å². The van der Waals surface area contributed by atoms with Crippen LogP contribution in [0.2, 0.25) is 0 Å². The van der Waals surface area contributed by atoms with Crippen molar-refractivity contribution in [2.75, 3.05) is 13.1 Å². The summed E-state index contributed by atoms with van der Waals surface area (Å²) in [6, 6.07) is 0.278. The topological polar surface area (TPSA) is 84.2 Å². The van der Waals surface area contributed by atoms with E-state index in [1.807, 2.05) is 0 Å². The van der Waals surface area contributed by atoms with Gasteiger partial charge in [-0.05, 0) is 31.6 Å². The molecule has 18 heavy (non-hydrogen) atoms. The minimum Gasteiger partial charge on any atom is -0.352 e. The first-order valence-corrected chi connectivity index (χ1v) is 6.91. The van der Waals surface area contributed by atoms with E-state index in [4.69, 9.17) is 5.73 Å². The van der Waals surface area contributed by atoms with E-state index in [0.717, 1.165) is 18.8 Å². The lowest BCUT2D eigenvalue weighted by Gasteiger charge is -2.28. The smallest absolute Gasteiger partial charge is 0.239 e. The third-order valence-corrected chi connectivity index (χ3v) is 3.54. The molecule has 0 saturated heterocycles. The molecule has 0 aliphatic heterocycles. The number of carbonyl (C=O) groups is 2. The van der Waals surface area contributed by atoms with Crippen LogP contribution in [0.4, 0.5) is 0 Å². The van der Waals surface area contributed by atoms with Gasteiger partial charge in [0.05, 0.1) is 13.1 Å². The molecular weight excluding hydrogens is 230 g/mol. The van der Waals surface area contributed by atoms with Crippen LogP contribution in [0.25, 0.3) is 0 Å². The predicted octanol–water partition coefficient (Wildman–Crippen LogP) is 0.536. The average molecular weight is 255 g/mol. The van der Waals surface area contributed by atoms with Crippen molar-refractivity contribution in [1.29, 1.82) is 0 Å². The largest absolute Gasteiger partial charge is 0.352 e. The monoisotopic (exact) mass is 255 g/mol. The number of nitrogens with two attached hydrogens (primary N) is 1. The highest BCUT2D eigenvalue weighted by molar-refractivity contribution is 5.85. The molecule has 0 aromatic carbocycles. The lowest BCUT2D eigenvalue weighted by molar-refractivity contribution is -0.125. The number of carbonyl (C=O) groups excluding carboxylic acids is 2. The van der Waals surface area contributed by atoms with Crippen LogP contribution in [-0.4, -0.2) is 30.9 Å². The summed E-state index contributed by atoms with van der Waals surface area (Å²) in [4.78, 5) is 22.5. The molecule has 0 aromatic rings. The molecule has 1 aliphatic carbocycles. The summed E-state index contributed by atoms with van der Waals surface area (Å²) in [5, 5.41) is 5.44. The quantitative estimate of drug-likeness (QED) is 0.647. The number of rotatable bonds is 6. The van der Waals surface area contributed by atoms with Crippen molar-refractivity contribution in [3.05, 3.63) is 0 Å². The molecular formula is C13H25N3O2. The zero-order chi connectivity index (χ0) is 13.4. The SMILES string of the molecule is CCCC1CCC(NC(=O)CNC(=O)CN)CC1. The molecule has 5 nitrogen and oxygen atoms in total. The van der Waals surface area contributed by atoms with Crippen LogP contribution >= 0.6 is 0 Å². The average Bonchev–Trinajstić information content (AvgIpc) is 2.38. The molecule has 0 heterocycles. The fourth-order valence-electron chi connectivity index (χ4n) is 2.53. The summed E-state index contributed by atoms with van der Waals surface area (Å²) < 4.78 is 0. The molecule has 0 spiro atoms. The molecule has 1 fully saturated rings. The summed E-state index contributed by atoms with van der Waals surface area (Å²) in [7, 11) is 0. The Kier molecular flexibility index (Phi) is 6.72. The van der Waals surface area contributed by atoms with Crippen molar-refractivity contribution in [2.24, 2.45) is 11.7 Å². The Balaban J connectivity index is 2.16. The van der Waals surface area contributed by atoms with Crippen LogP contribution in [0.3, 0.4) is 0 Å². The Bertz CT molecular complexity index is 273. The van der Waals surface area contributed by atoms with Gasteiger partial charge in [-0.15, -0.1) is 0 Å². The van der Waals surface area contributed by atoms with Gasteiger partial charge in [-0.25, -0.2) is 0 Å². The zero-order valence-electron chi connectivity index (χ0n) is 11.2. The predicted molar refractivity (Wildman–Crippen MR) is 70.9 cm³/mol. The summed E-state index contributed by atoms with van der Waals surface area (Å²) in [5.41, 5.74) is 5.14. The second kappa shape index (κ2) is 8.08. The highest BCUT2D eigenvalue weighted by Crippen LogP contribution is 2.27. The van der Waals surface area contributed by atoms with Gasteiger partial charge in [0.15, 0.2) is 0 Å². The number of amides is 2. The van der Waals surface area contributed by atoms with E-state index < -0.39 is 0 Å². The van der Waals surface area contributed by atoms with E-state index in [2.05, 4.69) is 17.6 Å². The normalized spacial score (nSPS) is 23.4. The van der Waals surface area contributed by atoms with E-state index in [0.29, 0.717) is 0 Å². The summed E-state index contributed by atoms with van der Waals surface area (Å²) in [6.45, 7) is 2.17. The van der Waals surface area contributed by atoms with E-state index in [-0.39, 0.29) is 30.9 Å². The van der Waals surface area contributed by atoms with Crippen LogP contribution in [0.15, 0.2) is 0 Å². The highest BCUT2D eigenvalue weighted by Gasteiger charge is 2.21. The number of hydrogen-bond acceptors (Lipinski definition) is 3. The fraction of sp³-hybridized carbons (Fsp3) is 0.846. The molecule has 2 amide bonds. The number of hydrogen-bond donors (Lipinski definition) is 3. The maximum absolute atomic E-state index is 11.6. The summed E-state index contributed by atoms with van der Waals surface area (Å²) in [6.07, 6.45) is 7.06. The molecule has 4 N–H and O–H groups in total. The lowest BCUT2D eigenvalue weighted by Crippen LogP contribution is -2.44. The van der Waals surface area contributed by atoms with Gasteiger partial charge in [-0.2, -0.15) is 0 Å². The second-order valence-corrected chi connectivity index (χ2v) is 5.05. The van der Waals surface area contributed by atoms with Crippen molar-refractivity contribution in [1.82, 2.24) is 10.6 Å². The standard InChI is InChI=1S/C13H25N3O2/c1-2-3-10-4-6-11(7-5-10)16-13(18)9-15-12(17)8-14/h10-11H,2-9,14H2,1H3,(H,15,17)(H,16,18). The summed E-state index contributed by atoms with van der Waals surface area (Å²) >= 11 is 0. The molecule has 0 unspecified atom stereocenters. The number of nitrogens with one attached hydrogen (secondary N) is 2. The maximum Gasteiger partial charge on any atom is 0.239 e. The highest BCUT2D eigenvalue weighted by atomic mass is 16.2. The molecule has 1 rings (SSSR count). The molecule has 104 valence electrons. The van der Waals surface area contributed by atoms with Gasteiger partial charge in [-0.1, -0.05) is 19.8 Å². The van der Waals surface area contributed by atoms with Gasteiger partial charge in [0.25, 0.3) is 0 Å². The maximum atomic E-state index is 11.6. The van der Waals surface area contributed by atoms with Gasteiger partial charge in [0, 0.05) is 6.04 Å². The Morgan fingerprint density at radius 1 is 1.17 bits per heavy atom. The van der Waals surface area contributed by atoms with E-state index >= 15 is 0 Å². The first-order valence-electron chi connectivity index (χ1n) is 6.91. The van der Waals surface area contributed by atoms with Crippen LogP contribution < -0.4 is 16.4 Å². The van der Waals surface area contributed by atoms with Crippen molar-refractivity contribution in [3.8, 4) is 0 Å². The van der Waals surface area contributed by atoms with Gasteiger partial charge < -0.3 is 16.4 Å². The third-order valence-electron chi connectivity index (χ3n) is 3.54. The minimum atomic E-state index is -0.295. The van der Waals surface area contributed by atoms with Crippen molar-refractivity contribution in [2.45, 2.75) is 51.5 Å². The van der Waals surface area contributed by atoms with Crippen molar-refractivity contribution >= 4 is 11.8 Å². The molecule has 0 bridgehead atoms. The van der Waals surface area contributed by atoms with Gasteiger partial charge >= 0.3 is 0 Å². The lowest BCUT2D eigenvalue weighted by atomic mass is 9.83. The van der Waals surface area contributed by atoms with Crippen LogP contribution in [0.5, 0.6) is 0 Å². The van der Waals surface area contributed by atoms with Gasteiger partial charge in [-0.3, -0.25) is 9.59 Å². The van der Waals surface area contributed by atoms with E-state index in [9.17, 15) is 9.59 Å². The van der Waals surface area contributed by atoms with Gasteiger partial charge in [0.1, 0.15) is 0 Å².